The van der Waals surface area contributed by atoms with E-state index in [0.717, 1.165) is 46.5 Å². The maximum Gasteiger partial charge on any atom is 0.249 e. The first-order valence-corrected chi connectivity index (χ1v) is 10.4. The lowest BCUT2D eigenvalue weighted by atomic mass is 10.0. The molecule has 0 bridgehead atoms. The summed E-state index contributed by atoms with van der Waals surface area (Å²) >= 11 is 0. The first-order valence-electron chi connectivity index (χ1n) is 10.4. The number of nitrogens with zero attached hydrogens (tertiary/aromatic N) is 5. The highest BCUT2D eigenvalue weighted by Gasteiger charge is 2.30. The van der Waals surface area contributed by atoms with Gasteiger partial charge in [0.1, 0.15) is 12.4 Å². The Morgan fingerprint density at radius 2 is 1.94 bits per heavy atom. The van der Waals surface area contributed by atoms with Crippen LogP contribution in [0.15, 0.2) is 42.7 Å². The third-order valence-corrected chi connectivity index (χ3v) is 5.45. The van der Waals surface area contributed by atoms with Gasteiger partial charge in [0.2, 0.25) is 11.9 Å². The highest BCUT2D eigenvalue weighted by atomic mass is 16.5. The second-order valence-corrected chi connectivity index (χ2v) is 8.10. The smallest absolute Gasteiger partial charge is 0.249 e. The molecule has 1 fully saturated rings. The quantitative estimate of drug-likeness (QED) is 0.518. The number of ether oxygens (including phenoxy) is 1. The van der Waals surface area contributed by atoms with E-state index in [4.69, 9.17) is 4.74 Å². The van der Waals surface area contributed by atoms with Crippen LogP contribution in [0.5, 0.6) is 5.75 Å². The molecule has 4 aromatic rings. The number of pyridine rings is 1. The first kappa shape index (κ1) is 19.3. The standard InChI is InChI=1S/C23H24N6O2/c1-14-11-17(12-15(2)20(14)31-13-18-8-10-28(3)26-18)19-5-4-9-29-21(19)24-23(27-29)25-22(30)16-6-7-16/h4-5,8-12,16H,6-7,13H2,1-3H3,(H,25,27,30). The molecule has 1 aliphatic rings. The molecule has 8 nitrogen and oxygen atoms in total. The van der Waals surface area contributed by atoms with Gasteiger partial charge in [0.05, 0.1) is 5.69 Å². The Morgan fingerprint density at radius 3 is 2.61 bits per heavy atom. The lowest BCUT2D eigenvalue weighted by molar-refractivity contribution is -0.117. The average molecular weight is 416 g/mol. The Bertz CT molecular complexity index is 1260. The average Bonchev–Trinajstić information content (AvgIpc) is 3.38. The molecular formula is C23H24N6O2. The molecule has 3 heterocycles. The SMILES string of the molecule is Cc1cc(-c2cccn3nc(NC(=O)C4CC4)nc23)cc(C)c1OCc1ccn(C)n1. The molecule has 1 saturated carbocycles. The molecule has 8 heteroatoms. The summed E-state index contributed by atoms with van der Waals surface area (Å²) in [5, 5.41) is 11.6. The number of hydrogen-bond acceptors (Lipinski definition) is 5. The zero-order chi connectivity index (χ0) is 21.5. The van der Waals surface area contributed by atoms with Crippen molar-refractivity contribution >= 4 is 17.5 Å². The Kier molecular flexibility index (Phi) is 4.69. The third-order valence-electron chi connectivity index (χ3n) is 5.45. The van der Waals surface area contributed by atoms with Gasteiger partial charge in [-0.25, -0.2) is 4.52 Å². The minimum Gasteiger partial charge on any atom is -0.487 e. The molecule has 5 rings (SSSR count). The number of hydrogen-bond donors (Lipinski definition) is 1. The first-order chi connectivity index (χ1) is 15.0. The number of aryl methyl sites for hydroxylation is 3. The van der Waals surface area contributed by atoms with Crippen LogP contribution >= 0.6 is 0 Å². The molecule has 0 unspecified atom stereocenters. The Hall–Kier alpha value is -3.68. The Labute approximate surface area is 179 Å². The van der Waals surface area contributed by atoms with Crippen LogP contribution in [-0.2, 0) is 18.4 Å². The molecule has 0 aliphatic heterocycles. The van der Waals surface area contributed by atoms with E-state index >= 15 is 0 Å². The van der Waals surface area contributed by atoms with Gasteiger partial charge >= 0.3 is 0 Å². The lowest BCUT2D eigenvalue weighted by Crippen LogP contribution is -2.14. The largest absolute Gasteiger partial charge is 0.487 e. The Morgan fingerprint density at radius 1 is 1.16 bits per heavy atom. The number of amides is 1. The topological polar surface area (TPSA) is 86.3 Å². The second kappa shape index (κ2) is 7.54. The van der Waals surface area contributed by atoms with Crippen molar-refractivity contribution in [1.82, 2.24) is 24.4 Å². The summed E-state index contributed by atoms with van der Waals surface area (Å²) in [5.41, 5.74) is 5.64. The van der Waals surface area contributed by atoms with Crippen molar-refractivity contribution in [1.29, 1.82) is 0 Å². The summed E-state index contributed by atoms with van der Waals surface area (Å²) in [6, 6.07) is 10.1. The van der Waals surface area contributed by atoms with Crippen LogP contribution in [0, 0.1) is 19.8 Å². The van der Waals surface area contributed by atoms with E-state index in [9.17, 15) is 4.79 Å². The molecule has 1 N–H and O–H groups in total. The van der Waals surface area contributed by atoms with Crippen LogP contribution in [-0.4, -0.2) is 30.3 Å². The second-order valence-electron chi connectivity index (χ2n) is 8.10. The number of carbonyl (C=O) groups is 1. The van der Waals surface area contributed by atoms with E-state index in [0.29, 0.717) is 18.2 Å². The summed E-state index contributed by atoms with van der Waals surface area (Å²) in [5.74, 6) is 1.31. The number of benzene rings is 1. The molecule has 0 saturated heterocycles. The molecule has 0 atom stereocenters. The molecule has 1 aromatic carbocycles. The van der Waals surface area contributed by atoms with Gasteiger partial charge in [0, 0.05) is 30.9 Å². The number of rotatable bonds is 6. The van der Waals surface area contributed by atoms with Gasteiger partial charge in [-0.15, -0.1) is 5.10 Å². The predicted octanol–water partition coefficient (Wildman–Crippen LogP) is 3.67. The Balaban J connectivity index is 1.43. The van der Waals surface area contributed by atoms with Crippen molar-refractivity contribution < 1.29 is 9.53 Å². The van der Waals surface area contributed by atoms with Gasteiger partial charge in [-0.2, -0.15) is 10.1 Å². The monoisotopic (exact) mass is 416 g/mol. The third kappa shape index (κ3) is 3.88. The van der Waals surface area contributed by atoms with Gasteiger partial charge in [0.25, 0.3) is 0 Å². The van der Waals surface area contributed by atoms with Gasteiger partial charge in [-0.1, -0.05) is 0 Å². The molecule has 3 aromatic heterocycles. The lowest BCUT2D eigenvalue weighted by Gasteiger charge is -2.14. The summed E-state index contributed by atoms with van der Waals surface area (Å²) < 4.78 is 9.53. The van der Waals surface area contributed by atoms with Crippen LogP contribution in [0.1, 0.15) is 29.7 Å². The fourth-order valence-electron chi connectivity index (χ4n) is 3.76. The molecule has 1 amide bonds. The highest BCUT2D eigenvalue weighted by molar-refractivity contribution is 5.93. The van der Waals surface area contributed by atoms with Crippen LogP contribution in [0.2, 0.25) is 0 Å². The maximum atomic E-state index is 12.1. The number of aromatic nitrogens is 5. The van der Waals surface area contributed by atoms with Gasteiger partial charge in [-0.3, -0.25) is 14.8 Å². The van der Waals surface area contributed by atoms with Crippen molar-refractivity contribution in [3.63, 3.8) is 0 Å². The van der Waals surface area contributed by atoms with Crippen molar-refractivity contribution in [2.45, 2.75) is 33.3 Å². The number of nitrogens with one attached hydrogen (secondary N) is 1. The van der Waals surface area contributed by atoms with Crippen molar-refractivity contribution in [3.05, 3.63) is 59.5 Å². The summed E-state index contributed by atoms with van der Waals surface area (Å²) in [4.78, 5) is 16.7. The van der Waals surface area contributed by atoms with Gasteiger partial charge in [-0.05, 0) is 73.7 Å². The summed E-state index contributed by atoms with van der Waals surface area (Å²) in [6.07, 6.45) is 5.63. The molecule has 0 spiro atoms. The number of anilines is 1. The fourth-order valence-corrected chi connectivity index (χ4v) is 3.76. The summed E-state index contributed by atoms with van der Waals surface area (Å²) in [7, 11) is 1.89. The van der Waals surface area contributed by atoms with Crippen molar-refractivity contribution in [2.24, 2.45) is 13.0 Å². The number of fused-ring (bicyclic) bond motifs is 1. The minimum atomic E-state index is -0.00134. The predicted molar refractivity (Wildman–Crippen MR) is 117 cm³/mol. The number of carbonyl (C=O) groups excluding carboxylic acids is 1. The molecule has 31 heavy (non-hydrogen) atoms. The van der Waals surface area contributed by atoms with E-state index in [-0.39, 0.29) is 11.8 Å². The van der Waals surface area contributed by atoms with E-state index in [1.165, 1.54) is 0 Å². The van der Waals surface area contributed by atoms with E-state index < -0.39 is 0 Å². The van der Waals surface area contributed by atoms with E-state index in [2.05, 4.69) is 32.6 Å². The van der Waals surface area contributed by atoms with Crippen molar-refractivity contribution in [2.75, 3.05) is 5.32 Å². The van der Waals surface area contributed by atoms with E-state index in [1.54, 1.807) is 9.20 Å². The van der Waals surface area contributed by atoms with Crippen LogP contribution < -0.4 is 10.1 Å². The maximum absolute atomic E-state index is 12.1. The zero-order valence-corrected chi connectivity index (χ0v) is 17.8. The van der Waals surface area contributed by atoms with Gasteiger partial charge < -0.3 is 4.74 Å². The van der Waals surface area contributed by atoms with Crippen LogP contribution in [0.4, 0.5) is 5.95 Å². The van der Waals surface area contributed by atoms with Gasteiger partial charge in [0.15, 0.2) is 5.65 Å². The fraction of sp³-hybridized carbons (Fsp3) is 0.304. The molecular weight excluding hydrogens is 392 g/mol. The highest BCUT2D eigenvalue weighted by Crippen LogP contribution is 2.33. The van der Waals surface area contributed by atoms with Crippen LogP contribution in [0.3, 0.4) is 0 Å². The minimum absolute atomic E-state index is 0.00134. The molecule has 158 valence electrons. The van der Waals surface area contributed by atoms with Crippen LogP contribution in [0.25, 0.3) is 16.8 Å². The van der Waals surface area contributed by atoms with Crippen molar-refractivity contribution in [3.8, 4) is 16.9 Å². The van der Waals surface area contributed by atoms with E-state index in [1.807, 2.05) is 51.5 Å². The molecule has 0 radical (unpaired) electrons. The molecule has 1 aliphatic carbocycles. The summed E-state index contributed by atoms with van der Waals surface area (Å²) in [6.45, 7) is 4.50. The normalized spacial score (nSPS) is 13.5. The zero-order valence-electron chi connectivity index (χ0n) is 17.8.